The number of allylic oxidation sites excluding steroid dienone is 7. The fourth-order valence-corrected chi connectivity index (χ4v) is 4.09. The molecule has 1 aliphatic heterocycles. The number of fused-ring (bicyclic) bond motifs is 1. The Labute approximate surface area is 159 Å². The van der Waals surface area contributed by atoms with Gasteiger partial charge in [-0.25, -0.2) is 0 Å². The monoisotopic (exact) mass is 354 g/mol. The van der Waals surface area contributed by atoms with E-state index in [-0.39, 0.29) is 0 Å². The van der Waals surface area contributed by atoms with Crippen molar-refractivity contribution in [2.75, 3.05) is 19.7 Å². The molecule has 1 atom stereocenters. The predicted molar refractivity (Wildman–Crippen MR) is 110 cm³/mol. The lowest BCUT2D eigenvalue weighted by Crippen LogP contribution is -2.24. The fourth-order valence-electron chi connectivity index (χ4n) is 4.09. The van der Waals surface area contributed by atoms with E-state index < -0.39 is 0 Å². The third kappa shape index (κ3) is 4.31. The molecule has 0 spiro atoms. The normalized spacial score (nSPS) is 22.4. The molecule has 3 rings (SSSR count). The first-order valence-corrected chi connectivity index (χ1v) is 10.5. The zero-order valence-corrected chi connectivity index (χ0v) is 16.8. The van der Waals surface area contributed by atoms with Gasteiger partial charge in [0.05, 0.1) is 12.3 Å². The van der Waals surface area contributed by atoms with Crippen LogP contribution >= 0.6 is 0 Å². The van der Waals surface area contributed by atoms with Crippen LogP contribution in [0.5, 0.6) is 0 Å². The summed E-state index contributed by atoms with van der Waals surface area (Å²) >= 11 is 0. The predicted octanol–water partition coefficient (Wildman–Crippen LogP) is 5.77. The fraction of sp³-hybridized carbons (Fsp3) is 0.609. The topological polar surface area (TPSA) is 24.8 Å². The molecule has 2 aliphatic carbocycles. The lowest BCUT2D eigenvalue weighted by atomic mass is 9.85. The Kier molecular flexibility index (Phi) is 6.76. The van der Waals surface area contributed by atoms with Crippen LogP contribution in [0.2, 0.25) is 0 Å². The molecule has 3 aliphatic rings. The minimum atomic E-state index is 0.548. The van der Waals surface area contributed by atoms with E-state index in [4.69, 9.17) is 9.73 Å². The van der Waals surface area contributed by atoms with Crippen molar-refractivity contribution in [1.29, 1.82) is 0 Å². The number of ether oxygens (including phenoxy) is 1. The highest BCUT2D eigenvalue weighted by Gasteiger charge is 2.27. The minimum absolute atomic E-state index is 0.548. The van der Waals surface area contributed by atoms with Crippen LogP contribution in [0.15, 0.2) is 52.0 Å². The van der Waals surface area contributed by atoms with E-state index in [1.165, 1.54) is 35.5 Å². The third-order valence-corrected chi connectivity index (χ3v) is 5.74. The van der Waals surface area contributed by atoms with E-state index in [2.05, 4.69) is 50.0 Å². The number of unbranched alkanes of at least 4 members (excludes halogenated alkanes) is 1. The van der Waals surface area contributed by atoms with Crippen LogP contribution < -0.4 is 0 Å². The maximum Gasteiger partial charge on any atom is 0.140 e. The van der Waals surface area contributed by atoms with Gasteiger partial charge in [0.1, 0.15) is 5.76 Å². The van der Waals surface area contributed by atoms with Gasteiger partial charge in [-0.15, -0.1) is 0 Å². The molecule has 1 heterocycles. The van der Waals surface area contributed by atoms with Gasteiger partial charge in [0, 0.05) is 30.4 Å². The van der Waals surface area contributed by atoms with Gasteiger partial charge in [0.2, 0.25) is 0 Å². The first-order chi connectivity index (χ1) is 12.8. The van der Waals surface area contributed by atoms with Crippen LogP contribution in [-0.2, 0) is 4.74 Å². The quantitative estimate of drug-likeness (QED) is 0.517. The Morgan fingerprint density at radius 3 is 2.65 bits per heavy atom. The molecular weight excluding hydrogens is 320 g/mol. The van der Waals surface area contributed by atoms with Gasteiger partial charge >= 0.3 is 0 Å². The standard InChI is InChI=1S/C23H34N2O/c1-4-7-17-26-22-10-8-9-19-13-16-21(24-23(19)22)18-11-14-20(15-12-18)25(5-2)6-3/h8,10-11,14,19H,4-7,9,12-13,15-17H2,1-3H3. The molecule has 0 aromatic heterocycles. The molecule has 3 heteroatoms. The van der Waals surface area contributed by atoms with Crippen molar-refractivity contribution in [2.24, 2.45) is 10.9 Å². The molecular formula is C23H34N2O. The van der Waals surface area contributed by atoms with Crippen LogP contribution in [0.4, 0.5) is 0 Å². The second kappa shape index (κ2) is 9.25. The first-order valence-electron chi connectivity index (χ1n) is 10.5. The molecule has 142 valence electrons. The summed E-state index contributed by atoms with van der Waals surface area (Å²) in [6, 6.07) is 0. The molecule has 0 saturated heterocycles. The van der Waals surface area contributed by atoms with Gasteiger partial charge in [0.25, 0.3) is 0 Å². The molecule has 0 amide bonds. The van der Waals surface area contributed by atoms with E-state index in [0.29, 0.717) is 5.92 Å². The van der Waals surface area contributed by atoms with Gasteiger partial charge in [-0.1, -0.05) is 25.5 Å². The lowest BCUT2D eigenvalue weighted by molar-refractivity contribution is 0.209. The average Bonchev–Trinajstić information content (AvgIpc) is 2.69. The molecule has 0 N–H and O–H groups in total. The van der Waals surface area contributed by atoms with Gasteiger partial charge in [-0.2, -0.15) is 0 Å². The summed E-state index contributed by atoms with van der Waals surface area (Å²) in [6.45, 7) is 9.65. The van der Waals surface area contributed by atoms with Crippen molar-refractivity contribution in [3.8, 4) is 0 Å². The number of rotatable bonds is 8. The Morgan fingerprint density at radius 1 is 1.12 bits per heavy atom. The zero-order chi connectivity index (χ0) is 18.4. The van der Waals surface area contributed by atoms with E-state index in [1.807, 2.05) is 0 Å². The smallest absolute Gasteiger partial charge is 0.140 e. The average molecular weight is 355 g/mol. The summed E-state index contributed by atoms with van der Waals surface area (Å²) in [5, 5.41) is 0. The van der Waals surface area contributed by atoms with E-state index in [0.717, 1.165) is 57.6 Å². The van der Waals surface area contributed by atoms with Gasteiger partial charge in [-0.3, -0.25) is 4.99 Å². The zero-order valence-electron chi connectivity index (χ0n) is 16.8. The molecule has 0 aromatic carbocycles. The number of hydrogen-bond donors (Lipinski definition) is 0. The maximum absolute atomic E-state index is 6.05. The van der Waals surface area contributed by atoms with Crippen LogP contribution in [-0.4, -0.2) is 30.3 Å². The summed E-state index contributed by atoms with van der Waals surface area (Å²) in [5.41, 5.74) is 5.38. The molecule has 0 fully saturated rings. The molecule has 0 bridgehead atoms. The molecule has 0 radical (unpaired) electrons. The Balaban J connectivity index is 1.79. The summed E-state index contributed by atoms with van der Waals surface area (Å²) < 4.78 is 6.05. The second-order valence-corrected chi connectivity index (χ2v) is 7.41. The van der Waals surface area contributed by atoms with Crippen LogP contribution in [0.25, 0.3) is 0 Å². The highest BCUT2D eigenvalue weighted by atomic mass is 16.5. The van der Waals surface area contributed by atoms with E-state index in [1.54, 1.807) is 0 Å². The second-order valence-electron chi connectivity index (χ2n) is 7.41. The number of hydrogen-bond acceptors (Lipinski definition) is 3. The molecule has 26 heavy (non-hydrogen) atoms. The van der Waals surface area contributed by atoms with Crippen LogP contribution in [0.1, 0.15) is 65.7 Å². The Bertz CT molecular complexity index is 647. The van der Waals surface area contributed by atoms with Crippen molar-refractivity contribution < 1.29 is 4.74 Å². The molecule has 0 aromatic rings. The first kappa shape index (κ1) is 19.0. The van der Waals surface area contributed by atoms with Crippen molar-refractivity contribution in [2.45, 2.75) is 65.7 Å². The Morgan fingerprint density at radius 2 is 1.96 bits per heavy atom. The summed E-state index contributed by atoms with van der Waals surface area (Å²) in [5.74, 6) is 1.56. The van der Waals surface area contributed by atoms with Crippen molar-refractivity contribution in [3.05, 3.63) is 47.0 Å². The summed E-state index contributed by atoms with van der Waals surface area (Å²) in [7, 11) is 0. The van der Waals surface area contributed by atoms with Crippen molar-refractivity contribution >= 4 is 5.71 Å². The molecule has 0 saturated carbocycles. The molecule has 1 unspecified atom stereocenters. The Hall–Kier alpha value is -1.77. The van der Waals surface area contributed by atoms with Gasteiger partial charge in [-0.05, 0) is 70.1 Å². The highest BCUT2D eigenvalue weighted by molar-refractivity contribution is 6.01. The van der Waals surface area contributed by atoms with Crippen molar-refractivity contribution in [3.63, 3.8) is 0 Å². The highest BCUT2D eigenvalue weighted by Crippen LogP contribution is 2.36. The molecule has 3 nitrogen and oxygen atoms in total. The number of aliphatic imine (C=N–C) groups is 1. The largest absolute Gasteiger partial charge is 0.492 e. The van der Waals surface area contributed by atoms with Gasteiger partial charge < -0.3 is 9.64 Å². The minimum Gasteiger partial charge on any atom is -0.492 e. The summed E-state index contributed by atoms with van der Waals surface area (Å²) in [4.78, 5) is 7.57. The van der Waals surface area contributed by atoms with Gasteiger partial charge in [0.15, 0.2) is 0 Å². The number of nitrogens with zero attached hydrogens (tertiary/aromatic N) is 2. The summed E-state index contributed by atoms with van der Waals surface area (Å²) in [6.07, 6.45) is 17.0. The van der Waals surface area contributed by atoms with E-state index in [9.17, 15) is 0 Å². The SMILES string of the molecule is CCCCOC1=C2N=C(C3=CC=C(N(CC)CC)CC3)CCC2CC=C1. The van der Waals surface area contributed by atoms with Crippen LogP contribution in [0, 0.1) is 5.92 Å². The van der Waals surface area contributed by atoms with E-state index >= 15 is 0 Å². The van der Waals surface area contributed by atoms with Crippen molar-refractivity contribution in [1.82, 2.24) is 4.90 Å². The maximum atomic E-state index is 6.05. The lowest BCUT2D eigenvalue weighted by Gasteiger charge is -2.30. The van der Waals surface area contributed by atoms with Crippen LogP contribution in [0.3, 0.4) is 0 Å². The third-order valence-electron chi connectivity index (χ3n) is 5.74.